The summed E-state index contributed by atoms with van der Waals surface area (Å²) in [6.45, 7) is 3.71. The third-order valence-corrected chi connectivity index (χ3v) is 5.21. The van der Waals surface area contributed by atoms with Gasteiger partial charge in [0.1, 0.15) is 4.88 Å². The Morgan fingerprint density at radius 2 is 2.17 bits per heavy atom. The number of nitrogens with zero attached hydrogens (tertiary/aromatic N) is 1. The highest BCUT2D eigenvalue weighted by Crippen LogP contribution is 2.27. The molecule has 1 aromatic heterocycles. The lowest BCUT2D eigenvalue weighted by atomic mass is 9.91. The van der Waals surface area contributed by atoms with E-state index in [9.17, 15) is 4.79 Å². The summed E-state index contributed by atoms with van der Waals surface area (Å²) < 4.78 is 0.904. The van der Waals surface area contributed by atoms with Crippen LogP contribution in [0.4, 0.5) is 0 Å². The molecule has 1 aliphatic heterocycles. The predicted octanol–water partition coefficient (Wildman–Crippen LogP) is 3.13. The highest BCUT2D eigenvalue weighted by atomic mass is 79.9. The van der Waals surface area contributed by atoms with Gasteiger partial charge in [0.2, 0.25) is 0 Å². The van der Waals surface area contributed by atoms with Crippen LogP contribution in [0.3, 0.4) is 0 Å². The van der Waals surface area contributed by atoms with Crippen molar-refractivity contribution in [1.82, 2.24) is 4.90 Å². The Morgan fingerprint density at radius 1 is 1.56 bits per heavy atom. The molecule has 1 unspecified atom stereocenters. The maximum atomic E-state index is 12.2. The first-order valence-corrected chi connectivity index (χ1v) is 7.54. The molecular weight excluding hydrogens is 336 g/mol. The maximum Gasteiger partial charge on any atom is 0.265 e. The van der Waals surface area contributed by atoms with E-state index in [4.69, 9.17) is 5.73 Å². The van der Waals surface area contributed by atoms with E-state index in [0.29, 0.717) is 5.92 Å². The number of likely N-dealkylation sites (tertiary alicyclic amines) is 1. The van der Waals surface area contributed by atoms with Crippen molar-refractivity contribution < 1.29 is 4.79 Å². The fraction of sp³-hybridized carbons (Fsp3) is 0.583. The van der Waals surface area contributed by atoms with Crippen LogP contribution in [0.5, 0.6) is 0 Å². The molecule has 18 heavy (non-hydrogen) atoms. The Labute approximate surface area is 126 Å². The molecule has 1 aromatic rings. The third kappa shape index (κ3) is 3.47. The number of piperidine rings is 1. The quantitative estimate of drug-likeness (QED) is 0.888. The Kier molecular flexibility index (Phi) is 6.11. The summed E-state index contributed by atoms with van der Waals surface area (Å²) >= 11 is 4.91. The molecule has 0 radical (unpaired) electrons. The van der Waals surface area contributed by atoms with Crippen molar-refractivity contribution in [1.29, 1.82) is 0 Å². The molecule has 0 bridgehead atoms. The fourth-order valence-electron chi connectivity index (χ4n) is 2.22. The van der Waals surface area contributed by atoms with E-state index in [0.717, 1.165) is 35.3 Å². The van der Waals surface area contributed by atoms with Crippen molar-refractivity contribution in [2.24, 2.45) is 11.7 Å². The van der Waals surface area contributed by atoms with Gasteiger partial charge in [0, 0.05) is 23.6 Å². The average molecular weight is 354 g/mol. The SMILES string of the molecule is CC(N)C1CCN(C(=O)c2sccc2Br)CC1.Cl. The number of carbonyl (C=O) groups is 1. The van der Waals surface area contributed by atoms with Gasteiger partial charge in [-0.2, -0.15) is 0 Å². The minimum Gasteiger partial charge on any atom is -0.338 e. The first-order valence-electron chi connectivity index (χ1n) is 5.87. The summed E-state index contributed by atoms with van der Waals surface area (Å²) in [4.78, 5) is 15.0. The molecule has 1 aliphatic rings. The standard InChI is InChI=1S/C12H17BrN2OS.ClH/c1-8(14)9-2-5-15(6-3-9)12(16)11-10(13)4-7-17-11;/h4,7-9H,2-3,5-6,14H2,1H3;1H. The summed E-state index contributed by atoms with van der Waals surface area (Å²) in [6, 6.07) is 2.16. The largest absolute Gasteiger partial charge is 0.338 e. The summed E-state index contributed by atoms with van der Waals surface area (Å²) in [6.07, 6.45) is 2.04. The Hall–Kier alpha value is -0.100. The molecule has 102 valence electrons. The number of halogens is 2. The highest BCUT2D eigenvalue weighted by Gasteiger charge is 2.26. The van der Waals surface area contributed by atoms with Gasteiger partial charge in [-0.3, -0.25) is 4.79 Å². The highest BCUT2D eigenvalue weighted by molar-refractivity contribution is 9.10. The molecule has 0 aliphatic carbocycles. The smallest absolute Gasteiger partial charge is 0.265 e. The van der Waals surface area contributed by atoms with Crippen molar-refractivity contribution in [2.45, 2.75) is 25.8 Å². The lowest BCUT2D eigenvalue weighted by molar-refractivity contribution is 0.0685. The van der Waals surface area contributed by atoms with E-state index in [2.05, 4.69) is 22.9 Å². The zero-order valence-electron chi connectivity index (χ0n) is 10.3. The summed E-state index contributed by atoms with van der Waals surface area (Å²) in [7, 11) is 0. The van der Waals surface area contributed by atoms with Crippen LogP contribution < -0.4 is 5.73 Å². The van der Waals surface area contributed by atoms with Crippen LogP contribution in [0.1, 0.15) is 29.4 Å². The van der Waals surface area contributed by atoms with Gasteiger partial charge in [0.05, 0.1) is 0 Å². The van der Waals surface area contributed by atoms with E-state index in [-0.39, 0.29) is 24.4 Å². The van der Waals surface area contributed by atoms with E-state index in [1.54, 1.807) is 0 Å². The number of hydrogen-bond donors (Lipinski definition) is 1. The Bertz CT molecular complexity index is 403. The van der Waals surface area contributed by atoms with E-state index in [1.165, 1.54) is 11.3 Å². The number of hydrogen-bond acceptors (Lipinski definition) is 3. The normalized spacial score (nSPS) is 18.3. The van der Waals surface area contributed by atoms with Crippen molar-refractivity contribution in [3.05, 3.63) is 20.8 Å². The predicted molar refractivity (Wildman–Crippen MR) is 81.5 cm³/mol. The zero-order valence-corrected chi connectivity index (χ0v) is 13.5. The first-order chi connectivity index (χ1) is 8.09. The number of amides is 1. The van der Waals surface area contributed by atoms with Crippen LogP contribution in [-0.2, 0) is 0 Å². The van der Waals surface area contributed by atoms with Crippen molar-refractivity contribution >= 4 is 45.6 Å². The van der Waals surface area contributed by atoms with Gasteiger partial charge in [-0.25, -0.2) is 0 Å². The van der Waals surface area contributed by atoms with Gasteiger partial charge >= 0.3 is 0 Å². The third-order valence-electron chi connectivity index (χ3n) is 3.38. The Balaban J connectivity index is 0.00000162. The van der Waals surface area contributed by atoms with Crippen LogP contribution >= 0.6 is 39.7 Å². The second kappa shape index (κ2) is 6.89. The molecule has 3 nitrogen and oxygen atoms in total. The van der Waals surface area contributed by atoms with Gasteiger partial charge in [-0.05, 0) is 53.1 Å². The average Bonchev–Trinajstić information content (AvgIpc) is 2.74. The molecule has 0 saturated carbocycles. The molecule has 2 N–H and O–H groups in total. The first kappa shape index (κ1) is 16.0. The minimum absolute atomic E-state index is 0. The molecular formula is C12H18BrClN2OS. The van der Waals surface area contributed by atoms with Gasteiger partial charge in [-0.1, -0.05) is 0 Å². The zero-order chi connectivity index (χ0) is 12.4. The van der Waals surface area contributed by atoms with Gasteiger partial charge < -0.3 is 10.6 Å². The summed E-state index contributed by atoms with van der Waals surface area (Å²) in [5.74, 6) is 0.709. The van der Waals surface area contributed by atoms with Crippen molar-refractivity contribution in [2.75, 3.05) is 13.1 Å². The van der Waals surface area contributed by atoms with Crippen molar-refractivity contribution in [3.63, 3.8) is 0 Å². The number of thiophene rings is 1. The number of rotatable bonds is 2. The topological polar surface area (TPSA) is 46.3 Å². The van der Waals surface area contributed by atoms with Crippen molar-refractivity contribution in [3.8, 4) is 0 Å². The monoisotopic (exact) mass is 352 g/mol. The fourth-order valence-corrected chi connectivity index (χ4v) is 3.73. The van der Waals surface area contributed by atoms with Crippen LogP contribution in [-0.4, -0.2) is 29.9 Å². The molecule has 1 fully saturated rings. The molecule has 0 spiro atoms. The van der Waals surface area contributed by atoms with E-state index in [1.807, 2.05) is 16.3 Å². The second-order valence-corrected chi connectivity index (χ2v) is 6.36. The maximum absolute atomic E-state index is 12.2. The minimum atomic E-state index is 0. The lowest BCUT2D eigenvalue weighted by Crippen LogP contribution is -2.42. The summed E-state index contributed by atoms with van der Waals surface area (Å²) in [5, 5.41) is 1.94. The Morgan fingerprint density at radius 3 is 2.61 bits per heavy atom. The van der Waals surface area contributed by atoms with Crippen LogP contribution in [0.25, 0.3) is 0 Å². The second-order valence-electron chi connectivity index (χ2n) is 4.59. The van der Waals surface area contributed by atoms with Crippen LogP contribution in [0, 0.1) is 5.92 Å². The van der Waals surface area contributed by atoms with Crippen LogP contribution in [0.2, 0.25) is 0 Å². The molecule has 1 amide bonds. The molecule has 2 heterocycles. The lowest BCUT2D eigenvalue weighted by Gasteiger charge is -2.33. The molecule has 1 saturated heterocycles. The molecule has 0 aromatic carbocycles. The molecule has 1 atom stereocenters. The molecule has 2 rings (SSSR count). The number of nitrogens with two attached hydrogens (primary N) is 1. The van der Waals surface area contributed by atoms with Gasteiger partial charge in [-0.15, -0.1) is 23.7 Å². The molecule has 6 heteroatoms. The van der Waals surface area contributed by atoms with Crippen LogP contribution in [0.15, 0.2) is 15.9 Å². The van der Waals surface area contributed by atoms with E-state index < -0.39 is 0 Å². The number of carbonyl (C=O) groups excluding carboxylic acids is 1. The van der Waals surface area contributed by atoms with Gasteiger partial charge in [0.25, 0.3) is 5.91 Å². The summed E-state index contributed by atoms with van der Waals surface area (Å²) in [5.41, 5.74) is 5.90. The van der Waals surface area contributed by atoms with Gasteiger partial charge in [0.15, 0.2) is 0 Å². The van der Waals surface area contributed by atoms with E-state index >= 15 is 0 Å².